The largest absolute Gasteiger partial charge is 0.339 e. The van der Waals surface area contributed by atoms with Crippen LogP contribution in [-0.4, -0.2) is 34.1 Å². The predicted octanol–water partition coefficient (Wildman–Crippen LogP) is 0.351. The van der Waals surface area contributed by atoms with E-state index >= 15 is 0 Å². The van der Waals surface area contributed by atoms with Crippen LogP contribution in [0.3, 0.4) is 0 Å². The van der Waals surface area contributed by atoms with E-state index in [1.54, 1.807) is 18.1 Å². The lowest BCUT2D eigenvalue weighted by Crippen LogP contribution is -2.44. The summed E-state index contributed by atoms with van der Waals surface area (Å²) in [4.78, 5) is 13.4. The van der Waals surface area contributed by atoms with Gasteiger partial charge in [0.2, 0.25) is 5.91 Å². The van der Waals surface area contributed by atoms with Gasteiger partial charge in [-0.25, -0.2) is 0 Å². The molecule has 1 atom stereocenters. The highest BCUT2D eigenvalue weighted by atomic mass is 16.2. The number of aromatic nitrogens is 2. The van der Waals surface area contributed by atoms with Crippen molar-refractivity contribution in [2.75, 3.05) is 7.05 Å². The SMILES string of the molecule is CC(C)[C@@H](N)C(=O)N(C)Cc1ccn[nH]1. The highest BCUT2D eigenvalue weighted by Gasteiger charge is 2.21. The van der Waals surface area contributed by atoms with Gasteiger partial charge in [0.15, 0.2) is 0 Å². The number of amides is 1. The Labute approximate surface area is 89.6 Å². The lowest BCUT2D eigenvalue weighted by molar-refractivity contribution is -0.132. The standard InChI is InChI=1S/C10H18N4O/c1-7(2)9(11)10(15)14(3)6-8-4-5-12-13-8/h4-5,7,9H,6,11H2,1-3H3,(H,12,13)/t9-/m1/s1. The zero-order valence-corrected chi connectivity index (χ0v) is 9.40. The van der Waals surface area contributed by atoms with Crippen LogP contribution in [0.1, 0.15) is 19.5 Å². The minimum Gasteiger partial charge on any atom is -0.339 e. The number of nitrogens with zero attached hydrogens (tertiary/aromatic N) is 2. The van der Waals surface area contributed by atoms with Crippen LogP contribution < -0.4 is 5.73 Å². The van der Waals surface area contributed by atoms with Crippen LogP contribution in [0.4, 0.5) is 0 Å². The first-order valence-electron chi connectivity index (χ1n) is 5.01. The van der Waals surface area contributed by atoms with Gasteiger partial charge in [0.25, 0.3) is 0 Å². The van der Waals surface area contributed by atoms with Crippen molar-refractivity contribution in [1.29, 1.82) is 0 Å². The number of nitrogens with one attached hydrogen (secondary N) is 1. The van der Waals surface area contributed by atoms with Crippen LogP contribution in [0.15, 0.2) is 12.3 Å². The van der Waals surface area contributed by atoms with E-state index in [9.17, 15) is 4.79 Å². The quantitative estimate of drug-likeness (QED) is 0.753. The maximum absolute atomic E-state index is 11.8. The van der Waals surface area contributed by atoms with Crippen molar-refractivity contribution in [1.82, 2.24) is 15.1 Å². The Morgan fingerprint density at radius 1 is 1.67 bits per heavy atom. The van der Waals surface area contributed by atoms with Crippen LogP contribution in [0, 0.1) is 5.92 Å². The van der Waals surface area contributed by atoms with Gasteiger partial charge in [0.05, 0.1) is 18.3 Å². The summed E-state index contributed by atoms with van der Waals surface area (Å²) in [5, 5.41) is 6.63. The molecule has 1 aromatic heterocycles. The van der Waals surface area contributed by atoms with E-state index in [0.29, 0.717) is 6.54 Å². The molecule has 0 spiro atoms. The molecule has 0 aliphatic carbocycles. The number of carbonyl (C=O) groups is 1. The van der Waals surface area contributed by atoms with Crippen LogP contribution in [0.2, 0.25) is 0 Å². The monoisotopic (exact) mass is 210 g/mol. The Balaban J connectivity index is 2.54. The van der Waals surface area contributed by atoms with Gasteiger partial charge in [-0.1, -0.05) is 13.8 Å². The summed E-state index contributed by atoms with van der Waals surface area (Å²) >= 11 is 0. The molecular formula is C10H18N4O. The molecule has 15 heavy (non-hydrogen) atoms. The van der Waals surface area contributed by atoms with Crippen molar-refractivity contribution in [3.8, 4) is 0 Å². The molecule has 0 fully saturated rings. The number of nitrogens with two attached hydrogens (primary N) is 1. The number of H-pyrrole nitrogens is 1. The average Bonchev–Trinajstić information content (AvgIpc) is 2.67. The minimum atomic E-state index is -0.432. The van der Waals surface area contributed by atoms with Gasteiger partial charge in [-0.3, -0.25) is 9.89 Å². The third-order valence-electron chi connectivity index (χ3n) is 2.35. The molecule has 5 nitrogen and oxygen atoms in total. The Kier molecular flexibility index (Phi) is 3.85. The summed E-state index contributed by atoms with van der Waals surface area (Å²) in [5.74, 6) is 0.112. The fraction of sp³-hybridized carbons (Fsp3) is 0.600. The molecule has 0 aliphatic rings. The van der Waals surface area contributed by atoms with Crippen molar-refractivity contribution in [2.24, 2.45) is 11.7 Å². The number of likely N-dealkylation sites (N-methyl/N-ethyl adjacent to an activating group) is 1. The second-order valence-electron chi connectivity index (χ2n) is 4.05. The van der Waals surface area contributed by atoms with Gasteiger partial charge >= 0.3 is 0 Å². The number of carbonyl (C=O) groups excluding carboxylic acids is 1. The predicted molar refractivity (Wildman–Crippen MR) is 57.9 cm³/mol. The highest BCUT2D eigenvalue weighted by molar-refractivity contribution is 5.81. The molecule has 0 bridgehead atoms. The van der Waals surface area contributed by atoms with E-state index in [-0.39, 0.29) is 11.8 Å². The van der Waals surface area contributed by atoms with E-state index in [4.69, 9.17) is 5.73 Å². The van der Waals surface area contributed by atoms with Crippen LogP contribution in [0.25, 0.3) is 0 Å². The first kappa shape index (κ1) is 11.7. The summed E-state index contributed by atoms with van der Waals surface area (Å²) in [5.41, 5.74) is 6.68. The number of aromatic amines is 1. The van der Waals surface area contributed by atoms with Crippen LogP contribution in [-0.2, 0) is 11.3 Å². The summed E-state index contributed by atoms with van der Waals surface area (Å²) in [6, 6.07) is 1.41. The Morgan fingerprint density at radius 3 is 2.80 bits per heavy atom. The zero-order chi connectivity index (χ0) is 11.4. The molecule has 0 aromatic carbocycles. The first-order chi connectivity index (χ1) is 7.02. The van der Waals surface area contributed by atoms with Crippen molar-refractivity contribution in [2.45, 2.75) is 26.4 Å². The normalized spacial score (nSPS) is 12.9. The first-order valence-corrected chi connectivity index (χ1v) is 5.01. The molecule has 1 rings (SSSR count). The van der Waals surface area contributed by atoms with Crippen LogP contribution >= 0.6 is 0 Å². The molecule has 0 saturated heterocycles. The average molecular weight is 210 g/mol. The topological polar surface area (TPSA) is 75.0 Å². The Bertz CT molecular complexity index is 307. The summed E-state index contributed by atoms with van der Waals surface area (Å²) in [6.45, 7) is 4.39. The smallest absolute Gasteiger partial charge is 0.239 e. The van der Waals surface area contributed by atoms with Gasteiger partial charge in [-0.2, -0.15) is 5.10 Å². The molecule has 1 aromatic rings. The lowest BCUT2D eigenvalue weighted by Gasteiger charge is -2.22. The number of rotatable bonds is 4. The molecule has 5 heteroatoms. The number of hydrogen-bond acceptors (Lipinski definition) is 3. The van der Waals surface area contributed by atoms with E-state index in [1.165, 1.54) is 0 Å². The summed E-state index contributed by atoms with van der Waals surface area (Å²) in [7, 11) is 1.74. The Hall–Kier alpha value is -1.36. The van der Waals surface area contributed by atoms with E-state index in [2.05, 4.69) is 10.2 Å². The third-order valence-corrected chi connectivity index (χ3v) is 2.35. The van der Waals surface area contributed by atoms with Gasteiger partial charge < -0.3 is 10.6 Å². The zero-order valence-electron chi connectivity index (χ0n) is 9.40. The second-order valence-corrected chi connectivity index (χ2v) is 4.05. The molecule has 1 amide bonds. The molecule has 1 heterocycles. The maximum Gasteiger partial charge on any atom is 0.239 e. The van der Waals surface area contributed by atoms with Gasteiger partial charge in [-0.05, 0) is 12.0 Å². The van der Waals surface area contributed by atoms with Crippen molar-refractivity contribution in [3.05, 3.63) is 18.0 Å². The van der Waals surface area contributed by atoms with Crippen molar-refractivity contribution in [3.63, 3.8) is 0 Å². The fourth-order valence-corrected chi connectivity index (χ4v) is 1.25. The highest BCUT2D eigenvalue weighted by Crippen LogP contribution is 2.05. The molecule has 84 valence electrons. The van der Waals surface area contributed by atoms with Gasteiger partial charge in [0, 0.05) is 13.2 Å². The summed E-state index contributed by atoms with van der Waals surface area (Å²) < 4.78 is 0. The lowest BCUT2D eigenvalue weighted by atomic mass is 10.0. The Morgan fingerprint density at radius 2 is 2.33 bits per heavy atom. The molecule has 0 saturated carbocycles. The van der Waals surface area contributed by atoms with Crippen molar-refractivity contribution >= 4 is 5.91 Å². The molecule has 0 aliphatic heterocycles. The number of hydrogen-bond donors (Lipinski definition) is 2. The molecular weight excluding hydrogens is 192 g/mol. The third kappa shape index (κ3) is 3.06. The molecule has 0 radical (unpaired) electrons. The van der Waals surface area contributed by atoms with Crippen molar-refractivity contribution < 1.29 is 4.79 Å². The van der Waals surface area contributed by atoms with E-state index in [0.717, 1.165) is 5.69 Å². The van der Waals surface area contributed by atoms with Gasteiger partial charge in [-0.15, -0.1) is 0 Å². The summed E-state index contributed by atoms with van der Waals surface area (Å²) in [6.07, 6.45) is 1.66. The molecule has 3 N–H and O–H groups in total. The van der Waals surface area contributed by atoms with E-state index in [1.807, 2.05) is 19.9 Å². The van der Waals surface area contributed by atoms with Crippen LogP contribution in [0.5, 0.6) is 0 Å². The fourth-order valence-electron chi connectivity index (χ4n) is 1.25. The van der Waals surface area contributed by atoms with E-state index < -0.39 is 6.04 Å². The maximum atomic E-state index is 11.8. The van der Waals surface area contributed by atoms with Gasteiger partial charge in [0.1, 0.15) is 0 Å². The molecule has 0 unspecified atom stereocenters. The minimum absolute atomic E-state index is 0.0420. The second kappa shape index (κ2) is 4.93.